The minimum absolute atomic E-state index is 0. The van der Waals surface area contributed by atoms with Gasteiger partial charge in [-0.1, -0.05) is 6.42 Å². The van der Waals surface area contributed by atoms with Crippen molar-refractivity contribution in [3.63, 3.8) is 0 Å². The summed E-state index contributed by atoms with van der Waals surface area (Å²) in [5, 5.41) is 13.8. The molecule has 4 nitrogen and oxygen atoms in total. The molecule has 1 saturated heterocycles. The van der Waals surface area contributed by atoms with Crippen molar-refractivity contribution in [3.8, 4) is 11.5 Å². The average Bonchev–Trinajstić information content (AvgIpc) is 2.46. The predicted octanol–water partition coefficient (Wildman–Crippen LogP) is 2.30. The molecule has 0 radical (unpaired) electrons. The maximum absolute atomic E-state index is 10.5. The molecule has 2 atom stereocenters. The number of methoxy groups -OCH3 is 2. The summed E-state index contributed by atoms with van der Waals surface area (Å²) in [4.78, 5) is 0. The number of nitrogens with one attached hydrogen (secondary N) is 1. The van der Waals surface area contributed by atoms with E-state index in [9.17, 15) is 5.11 Å². The van der Waals surface area contributed by atoms with E-state index in [0.29, 0.717) is 5.75 Å². The van der Waals surface area contributed by atoms with Crippen molar-refractivity contribution in [3.05, 3.63) is 23.8 Å². The zero-order valence-electron chi connectivity index (χ0n) is 11.4. The number of halogens is 1. The van der Waals surface area contributed by atoms with Crippen LogP contribution < -0.4 is 14.8 Å². The minimum Gasteiger partial charge on any atom is -0.497 e. The van der Waals surface area contributed by atoms with Gasteiger partial charge in [0.1, 0.15) is 11.5 Å². The van der Waals surface area contributed by atoms with Gasteiger partial charge in [0.25, 0.3) is 0 Å². The number of hydrogen-bond donors (Lipinski definition) is 2. The van der Waals surface area contributed by atoms with Crippen molar-refractivity contribution in [2.24, 2.45) is 0 Å². The van der Waals surface area contributed by atoms with Gasteiger partial charge in [0.15, 0.2) is 0 Å². The summed E-state index contributed by atoms with van der Waals surface area (Å²) in [7, 11) is 3.24. The molecule has 0 aliphatic carbocycles. The van der Waals surface area contributed by atoms with Gasteiger partial charge in [-0.3, -0.25) is 0 Å². The van der Waals surface area contributed by atoms with E-state index in [-0.39, 0.29) is 18.4 Å². The fraction of sp³-hybridized carbons (Fsp3) is 0.571. The lowest BCUT2D eigenvalue weighted by Crippen LogP contribution is -2.38. The van der Waals surface area contributed by atoms with Gasteiger partial charge < -0.3 is 19.9 Å². The average molecular weight is 288 g/mol. The van der Waals surface area contributed by atoms with E-state index in [4.69, 9.17) is 9.47 Å². The first-order chi connectivity index (χ1) is 8.76. The molecule has 1 aliphatic heterocycles. The Labute approximate surface area is 120 Å². The third-order valence-corrected chi connectivity index (χ3v) is 3.49. The second kappa shape index (κ2) is 7.58. The van der Waals surface area contributed by atoms with Gasteiger partial charge in [0.05, 0.1) is 20.3 Å². The Hall–Kier alpha value is -0.970. The number of rotatable bonds is 4. The first-order valence-electron chi connectivity index (χ1n) is 6.39. The third-order valence-electron chi connectivity index (χ3n) is 3.49. The molecule has 0 saturated carbocycles. The Bertz CT molecular complexity index is 394. The summed E-state index contributed by atoms with van der Waals surface area (Å²) < 4.78 is 10.5. The van der Waals surface area contributed by atoms with Crippen LogP contribution in [-0.2, 0) is 0 Å². The van der Waals surface area contributed by atoms with E-state index in [2.05, 4.69) is 5.32 Å². The first-order valence-corrected chi connectivity index (χ1v) is 6.39. The molecular formula is C14H22ClNO3. The summed E-state index contributed by atoms with van der Waals surface area (Å²) in [5.41, 5.74) is 0.788. The standard InChI is InChI=1S/C14H21NO3.ClH/c1-17-10-6-7-13(18-2)11(9-10)14(16)12-5-3-4-8-15-12;/h6-7,9,12,14-16H,3-5,8H2,1-2H3;1H. The molecule has 5 heteroatoms. The van der Waals surface area contributed by atoms with Crippen LogP contribution in [0, 0.1) is 0 Å². The molecule has 0 spiro atoms. The van der Waals surface area contributed by atoms with Crippen LogP contribution in [0.25, 0.3) is 0 Å². The molecule has 19 heavy (non-hydrogen) atoms. The Morgan fingerprint density at radius 3 is 2.63 bits per heavy atom. The maximum Gasteiger partial charge on any atom is 0.124 e. The van der Waals surface area contributed by atoms with Crippen molar-refractivity contribution in [2.75, 3.05) is 20.8 Å². The molecule has 0 amide bonds. The van der Waals surface area contributed by atoms with E-state index in [1.165, 1.54) is 6.42 Å². The summed E-state index contributed by atoms with van der Waals surface area (Å²) >= 11 is 0. The highest BCUT2D eigenvalue weighted by molar-refractivity contribution is 5.85. The van der Waals surface area contributed by atoms with Crippen LogP contribution in [0.2, 0.25) is 0 Å². The molecule has 2 N–H and O–H groups in total. The molecule has 2 rings (SSSR count). The van der Waals surface area contributed by atoms with Gasteiger partial charge in [-0.25, -0.2) is 0 Å². The van der Waals surface area contributed by atoms with Gasteiger partial charge in [0.2, 0.25) is 0 Å². The van der Waals surface area contributed by atoms with Gasteiger partial charge in [0, 0.05) is 11.6 Å². The Morgan fingerprint density at radius 2 is 2.05 bits per heavy atom. The number of piperidine rings is 1. The molecule has 2 unspecified atom stereocenters. The molecule has 1 aliphatic rings. The minimum atomic E-state index is -0.560. The Balaban J connectivity index is 0.00000180. The first kappa shape index (κ1) is 16.1. The maximum atomic E-state index is 10.5. The third kappa shape index (κ3) is 3.75. The topological polar surface area (TPSA) is 50.7 Å². The molecule has 1 fully saturated rings. The highest BCUT2D eigenvalue weighted by atomic mass is 35.5. The molecular weight excluding hydrogens is 266 g/mol. The molecule has 108 valence electrons. The number of benzene rings is 1. The van der Waals surface area contributed by atoms with Gasteiger partial charge in [-0.2, -0.15) is 0 Å². The van der Waals surface area contributed by atoms with Crippen LogP contribution in [0.4, 0.5) is 0 Å². The second-order valence-corrected chi connectivity index (χ2v) is 4.61. The lowest BCUT2D eigenvalue weighted by Gasteiger charge is -2.29. The predicted molar refractivity (Wildman–Crippen MR) is 77.4 cm³/mol. The Kier molecular flexibility index (Phi) is 6.42. The van der Waals surface area contributed by atoms with Gasteiger partial charge in [-0.15, -0.1) is 12.4 Å². The molecule has 0 aromatic heterocycles. The number of aliphatic hydroxyl groups excluding tert-OH is 1. The van der Waals surface area contributed by atoms with Crippen molar-refractivity contribution in [1.82, 2.24) is 5.32 Å². The van der Waals surface area contributed by atoms with Crippen LogP contribution in [0.1, 0.15) is 30.9 Å². The lowest BCUT2D eigenvalue weighted by atomic mass is 9.94. The number of hydrogen-bond acceptors (Lipinski definition) is 4. The van der Waals surface area contributed by atoms with Crippen molar-refractivity contribution >= 4 is 12.4 Å². The SMILES string of the molecule is COc1ccc(OC)c(C(O)C2CCCCN2)c1.Cl. The Morgan fingerprint density at radius 1 is 1.26 bits per heavy atom. The monoisotopic (exact) mass is 287 g/mol. The normalized spacial score (nSPS) is 20.3. The fourth-order valence-electron chi connectivity index (χ4n) is 2.44. The van der Waals surface area contributed by atoms with E-state index in [1.54, 1.807) is 14.2 Å². The van der Waals surface area contributed by atoms with Crippen LogP contribution >= 0.6 is 12.4 Å². The molecule has 0 bridgehead atoms. The summed E-state index contributed by atoms with van der Waals surface area (Å²) in [6, 6.07) is 5.61. The highest BCUT2D eigenvalue weighted by Gasteiger charge is 2.25. The summed E-state index contributed by atoms with van der Waals surface area (Å²) in [6.07, 6.45) is 2.76. The lowest BCUT2D eigenvalue weighted by molar-refractivity contribution is 0.111. The van der Waals surface area contributed by atoms with E-state index in [0.717, 1.165) is 30.7 Å². The van der Waals surface area contributed by atoms with Gasteiger partial charge in [-0.05, 0) is 37.6 Å². The molecule has 1 aromatic carbocycles. The number of ether oxygens (including phenoxy) is 2. The van der Waals surface area contributed by atoms with E-state index in [1.807, 2.05) is 18.2 Å². The van der Waals surface area contributed by atoms with E-state index < -0.39 is 6.10 Å². The quantitative estimate of drug-likeness (QED) is 0.892. The van der Waals surface area contributed by atoms with Crippen molar-refractivity contribution < 1.29 is 14.6 Å². The van der Waals surface area contributed by atoms with Gasteiger partial charge >= 0.3 is 0 Å². The van der Waals surface area contributed by atoms with Crippen LogP contribution in [-0.4, -0.2) is 31.9 Å². The van der Waals surface area contributed by atoms with Crippen LogP contribution in [0.3, 0.4) is 0 Å². The van der Waals surface area contributed by atoms with Crippen LogP contribution in [0.5, 0.6) is 11.5 Å². The van der Waals surface area contributed by atoms with Crippen LogP contribution in [0.15, 0.2) is 18.2 Å². The highest BCUT2D eigenvalue weighted by Crippen LogP contribution is 2.32. The molecule has 1 heterocycles. The van der Waals surface area contributed by atoms with Crippen molar-refractivity contribution in [1.29, 1.82) is 0 Å². The summed E-state index contributed by atoms with van der Waals surface area (Å²) in [6.45, 7) is 0.966. The fourth-order valence-corrected chi connectivity index (χ4v) is 2.44. The number of aliphatic hydroxyl groups is 1. The van der Waals surface area contributed by atoms with E-state index >= 15 is 0 Å². The second-order valence-electron chi connectivity index (χ2n) is 4.61. The smallest absolute Gasteiger partial charge is 0.124 e. The van der Waals surface area contributed by atoms with Crippen molar-refractivity contribution in [2.45, 2.75) is 31.4 Å². The zero-order chi connectivity index (χ0) is 13.0. The zero-order valence-corrected chi connectivity index (χ0v) is 12.2. The summed E-state index contributed by atoms with van der Waals surface area (Å²) in [5.74, 6) is 1.44. The molecule has 1 aromatic rings. The largest absolute Gasteiger partial charge is 0.497 e.